The fourth-order valence-electron chi connectivity index (χ4n) is 5.17. The molecule has 6 rings (SSSR count). The molecule has 4 heterocycles. The largest absolute Gasteiger partial charge is 0.505 e. The molecule has 0 aliphatic carbocycles. The molecule has 0 spiro atoms. The van der Waals surface area contributed by atoms with E-state index in [1.807, 2.05) is 36.4 Å². The second-order valence-electron chi connectivity index (χ2n) is 9.95. The number of aromatic nitrogens is 3. The molecular weight excluding hydrogens is 552 g/mol. The van der Waals surface area contributed by atoms with Crippen molar-refractivity contribution in [2.45, 2.75) is 33.4 Å². The maximum Gasteiger partial charge on any atom is 0.301 e. The third-order valence-electron chi connectivity index (χ3n) is 7.13. The molecule has 10 heteroatoms. The number of ether oxygens (including phenoxy) is 1. The van der Waals surface area contributed by atoms with E-state index in [4.69, 9.17) is 4.74 Å². The Bertz CT molecular complexity index is 1890. The van der Waals surface area contributed by atoms with Crippen molar-refractivity contribution in [3.05, 3.63) is 118 Å². The van der Waals surface area contributed by atoms with Crippen LogP contribution < -0.4 is 9.64 Å². The number of ketones is 2. The molecule has 1 N–H and O–H groups in total. The van der Waals surface area contributed by atoms with E-state index < -0.39 is 17.7 Å². The van der Waals surface area contributed by atoms with E-state index in [-0.39, 0.29) is 22.2 Å². The minimum atomic E-state index is -1.01. The van der Waals surface area contributed by atoms with Crippen LogP contribution in [0.5, 0.6) is 5.75 Å². The highest BCUT2D eigenvalue weighted by atomic mass is 32.1. The molecule has 0 saturated carbocycles. The van der Waals surface area contributed by atoms with Gasteiger partial charge in [-0.3, -0.25) is 23.7 Å². The molecule has 5 aromatic rings. The lowest BCUT2D eigenvalue weighted by molar-refractivity contribution is -0.132. The number of hydrogen-bond donors (Lipinski definition) is 1. The summed E-state index contributed by atoms with van der Waals surface area (Å²) in [5, 5.41) is 11.9. The quantitative estimate of drug-likeness (QED) is 0.112. The molecule has 1 unspecified atom stereocenters. The van der Waals surface area contributed by atoms with Crippen molar-refractivity contribution >= 4 is 45.3 Å². The van der Waals surface area contributed by atoms with E-state index >= 15 is 0 Å². The lowest BCUT2D eigenvalue weighted by Crippen LogP contribution is -2.29. The van der Waals surface area contributed by atoms with Crippen molar-refractivity contribution in [3.8, 4) is 5.75 Å². The molecular formula is C32H26N4O5S. The van der Waals surface area contributed by atoms with Gasteiger partial charge in [0.2, 0.25) is 0 Å². The van der Waals surface area contributed by atoms with Crippen molar-refractivity contribution in [3.63, 3.8) is 0 Å². The first-order valence-corrected chi connectivity index (χ1v) is 14.1. The number of hydrogen-bond acceptors (Lipinski definition) is 8. The van der Waals surface area contributed by atoms with Crippen LogP contribution in [0, 0.1) is 13.8 Å². The summed E-state index contributed by atoms with van der Waals surface area (Å²) >= 11 is 1.04. The summed E-state index contributed by atoms with van der Waals surface area (Å²) in [7, 11) is 0. The number of carbonyl (C=O) groups excluding carboxylic acids is 3. The van der Waals surface area contributed by atoms with Crippen molar-refractivity contribution in [1.82, 2.24) is 14.4 Å². The number of imidazole rings is 1. The predicted octanol–water partition coefficient (Wildman–Crippen LogP) is 5.82. The maximum atomic E-state index is 13.7. The Morgan fingerprint density at radius 2 is 1.67 bits per heavy atom. The van der Waals surface area contributed by atoms with Crippen LogP contribution >= 0.6 is 11.3 Å². The van der Waals surface area contributed by atoms with Gasteiger partial charge in [-0.25, -0.2) is 9.97 Å². The lowest BCUT2D eigenvalue weighted by atomic mass is 9.96. The van der Waals surface area contributed by atoms with Gasteiger partial charge >= 0.3 is 5.91 Å². The van der Waals surface area contributed by atoms with Gasteiger partial charge in [-0.15, -0.1) is 0 Å². The number of nitrogens with zero attached hydrogens (tertiary/aromatic N) is 4. The average molecular weight is 579 g/mol. The van der Waals surface area contributed by atoms with E-state index in [0.717, 1.165) is 16.9 Å². The molecule has 0 radical (unpaired) electrons. The SMILES string of the molecule is CC(=O)c1sc(N2C(=O)C(=O)/C(=C(/O)c3c(C)nc4ccccn34)C2c2ccc(OCc3ccccc3)cc2)nc1C. The molecule has 0 bridgehead atoms. The zero-order chi connectivity index (χ0) is 29.5. The fourth-order valence-corrected chi connectivity index (χ4v) is 6.16. The number of fused-ring (bicyclic) bond motifs is 1. The van der Waals surface area contributed by atoms with Gasteiger partial charge in [0.05, 0.1) is 27.9 Å². The van der Waals surface area contributed by atoms with Crippen molar-refractivity contribution in [2.24, 2.45) is 0 Å². The normalized spacial score (nSPS) is 16.4. The summed E-state index contributed by atoms with van der Waals surface area (Å²) in [4.78, 5) is 50.1. The number of thiazole rings is 1. The van der Waals surface area contributed by atoms with Crippen LogP contribution in [0.4, 0.5) is 5.13 Å². The molecule has 1 aliphatic rings. The van der Waals surface area contributed by atoms with Gasteiger partial charge in [-0.05, 0) is 49.2 Å². The first-order valence-electron chi connectivity index (χ1n) is 13.2. The van der Waals surface area contributed by atoms with Gasteiger partial charge in [0.25, 0.3) is 5.78 Å². The number of benzene rings is 2. The van der Waals surface area contributed by atoms with E-state index in [2.05, 4.69) is 9.97 Å². The number of aryl methyl sites for hydroxylation is 2. The van der Waals surface area contributed by atoms with Gasteiger partial charge in [0, 0.05) is 13.1 Å². The molecule has 9 nitrogen and oxygen atoms in total. The number of amides is 1. The monoisotopic (exact) mass is 578 g/mol. The van der Waals surface area contributed by atoms with Crippen LogP contribution in [0.15, 0.2) is 84.6 Å². The summed E-state index contributed by atoms with van der Waals surface area (Å²) in [6.07, 6.45) is 1.73. The highest BCUT2D eigenvalue weighted by molar-refractivity contribution is 7.18. The molecule has 210 valence electrons. The Hall–Kier alpha value is -5.09. The standard InChI is InChI=1S/C32H26N4O5S/c1-18-26(35-16-8-7-11-24(35)33-18)28(38)25-27(22-12-14-23(15-13-22)41-17-21-9-5-4-6-10-21)36(31(40)29(25)39)32-34-19(2)30(42-32)20(3)37/h4-16,27,38H,17H2,1-3H3/b28-25+. The Morgan fingerprint density at radius 1 is 0.952 bits per heavy atom. The van der Waals surface area contributed by atoms with Gasteiger partial charge in [-0.2, -0.15) is 0 Å². The molecule has 42 heavy (non-hydrogen) atoms. The van der Waals surface area contributed by atoms with E-state index in [1.165, 1.54) is 11.8 Å². The molecule has 1 fully saturated rings. The van der Waals surface area contributed by atoms with Crippen LogP contribution in [0.1, 0.15) is 50.8 Å². The highest BCUT2D eigenvalue weighted by Crippen LogP contribution is 2.44. The molecule has 1 atom stereocenters. The smallest absolute Gasteiger partial charge is 0.301 e. The predicted molar refractivity (Wildman–Crippen MR) is 159 cm³/mol. The topological polar surface area (TPSA) is 114 Å². The van der Waals surface area contributed by atoms with Gasteiger partial charge in [-0.1, -0.05) is 59.9 Å². The first-order chi connectivity index (χ1) is 20.2. The van der Waals surface area contributed by atoms with Crippen molar-refractivity contribution in [2.75, 3.05) is 4.90 Å². The average Bonchev–Trinajstić information content (AvgIpc) is 3.62. The van der Waals surface area contributed by atoms with Gasteiger partial charge in [0.1, 0.15) is 23.7 Å². The minimum absolute atomic E-state index is 0.0936. The molecule has 1 aliphatic heterocycles. The first kappa shape index (κ1) is 27.1. The van der Waals surface area contributed by atoms with E-state index in [1.54, 1.807) is 60.8 Å². The fraction of sp³-hybridized carbons (Fsp3) is 0.156. The van der Waals surface area contributed by atoms with Gasteiger partial charge in [0.15, 0.2) is 16.7 Å². The third-order valence-corrected chi connectivity index (χ3v) is 8.39. The van der Waals surface area contributed by atoms with Crippen LogP contribution in [0.2, 0.25) is 0 Å². The number of pyridine rings is 1. The summed E-state index contributed by atoms with van der Waals surface area (Å²) < 4.78 is 7.62. The van der Waals surface area contributed by atoms with Crippen LogP contribution in [0.3, 0.4) is 0 Å². The number of rotatable bonds is 7. The van der Waals surface area contributed by atoms with E-state index in [9.17, 15) is 19.5 Å². The number of aliphatic hydroxyl groups is 1. The van der Waals surface area contributed by atoms with Gasteiger partial charge < -0.3 is 9.84 Å². The number of anilines is 1. The Morgan fingerprint density at radius 3 is 2.36 bits per heavy atom. The maximum absolute atomic E-state index is 13.7. The summed E-state index contributed by atoms with van der Waals surface area (Å²) in [5.74, 6) is -1.64. The van der Waals surface area contributed by atoms with Crippen LogP contribution in [0.25, 0.3) is 11.4 Å². The van der Waals surface area contributed by atoms with Crippen LogP contribution in [-0.4, -0.2) is 36.9 Å². The van der Waals surface area contributed by atoms with Crippen molar-refractivity contribution < 1.29 is 24.2 Å². The third kappa shape index (κ3) is 4.65. The molecule has 3 aromatic heterocycles. The Labute approximate surface area is 245 Å². The zero-order valence-corrected chi connectivity index (χ0v) is 23.9. The number of aliphatic hydroxyl groups excluding tert-OH is 1. The molecule has 1 amide bonds. The number of Topliss-reactive ketones (excluding diaryl/α,β-unsaturated/α-hetero) is 2. The zero-order valence-electron chi connectivity index (χ0n) is 23.1. The minimum Gasteiger partial charge on any atom is -0.505 e. The number of carbonyl (C=O) groups is 3. The molecule has 2 aromatic carbocycles. The second kappa shape index (κ2) is 10.7. The summed E-state index contributed by atoms with van der Waals surface area (Å²) in [6, 6.07) is 21.2. The van der Waals surface area contributed by atoms with E-state index in [0.29, 0.717) is 45.5 Å². The Balaban J connectivity index is 1.47. The van der Waals surface area contributed by atoms with Crippen molar-refractivity contribution in [1.29, 1.82) is 0 Å². The Kier molecular flexibility index (Phi) is 6.91. The molecule has 1 saturated heterocycles. The second-order valence-corrected chi connectivity index (χ2v) is 10.9. The lowest BCUT2D eigenvalue weighted by Gasteiger charge is -2.23. The van der Waals surface area contributed by atoms with Crippen LogP contribution in [-0.2, 0) is 16.2 Å². The summed E-state index contributed by atoms with van der Waals surface area (Å²) in [5.41, 5.74) is 3.34. The highest BCUT2D eigenvalue weighted by Gasteiger charge is 2.48. The summed E-state index contributed by atoms with van der Waals surface area (Å²) in [6.45, 7) is 5.22.